The second-order valence-electron chi connectivity index (χ2n) is 6.79. The Morgan fingerprint density at radius 3 is 2.92 bits per heavy atom. The highest BCUT2D eigenvalue weighted by molar-refractivity contribution is 5.98. The fourth-order valence-corrected chi connectivity index (χ4v) is 3.70. The second-order valence-corrected chi connectivity index (χ2v) is 6.79. The molecule has 1 aromatic heterocycles. The fraction of sp³-hybridized carbons (Fsp3) is 0.444. The summed E-state index contributed by atoms with van der Waals surface area (Å²) in [5.41, 5.74) is 1.82. The van der Waals surface area contributed by atoms with Crippen molar-refractivity contribution in [2.75, 3.05) is 19.6 Å². The average molecular weight is 356 g/mol. The van der Waals surface area contributed by atoms with Crippen LogP contribution in [0.3, 0.4) is 0 Å². The number of aromatic nitrogens is 2. The molecule has 4 rings (SSSR count). The van der Waals surface area contributed by atoms with Gasteiger partial charge in [0.25, 0.3) is 5.91 Å². The molecule has 0 saturated carbocycles. The standard InChI is InChI=1S/C18H20N4O4/c23-15(21-9-7-13(11-21)16-19-18(25)26-20-16)6-3-8-22-10-12-4-1-2-5-14(12)17(22)24/h1-2,4-5,13H,3,6-11H2,(H,19,20,25). The first-order valence-corrected chi connectivity index (χ1v) is 8.82. The van der Waals surface area contributed by atoms with E-state index >= 15 is 0 Å². The molecule has 1 saturated heterocycles. The van der Waals surface area contributed by atoms with Crippen LogP contribution < -0.4 is 5.76 Å². The van der Waals surface area contributed by atoms with Gasteiger partial charge in [-0.2, -0.15) is 0 Å². The van der Waals surface area contributed by atoms with Gasteiger partial charge in [0, 0.05) is 44.1 Å². The van der Waals surface area contributed by atoms with Crippen LogP contribution in [0.25, 0.3) is 0 Å². The number of nitrogens with one attached hydrogen (secondary N) is 1. The number of carbonyl (C=O) groups excluding carboxylic acids is 2. The molecular weight excluding hydrogens is 336 g/mol. The number of carbonyl (C=O) groups is 2. The summed E-state index contributed by atoms with van der Waals surface area (Å²) in [6.07, 6.45) is 1.80. The van der Waals surface area contributed by atoms with Crippen LogP contribution in [0.5, 0.6) is 0 Å². The normalized spacial score (nSPS) is 19.2. The number of hydrogen-bond acceptors (Lipinski definition) is 5. The number of hydrogen-bond donors (Lipinski definition) is 1. The van der Waals surface area contributed by atoms with Gasteiger partial charge in [-0.3, -0.25) is 19.1 Å². The molecule has 0 spiro atoms. The van der Waals surface area contributed by atoms with E-state index in [0.717, 1.165) is 17.5 Å². The molecule has 136 valence electrons. The molecule has 2 aliphatic rings. The van der Waals surface area contributed by atoms with E-state index < -0.39 is 5.76 Å². The molecule has 3 heterocycles. The average Bonchev–Trinajstić information content (AvgIpc) is 3.35. The topological polar surface area (TPSA) is 99.5 Å². The van der Waals surface area contributed by atoms with Crippen molar-refractivity contribution in [2.24, 2.45) is 0 Å². The zero-order valence-electron chi connectivity index (χ0n) is 14.3. The second kappa shape index (κ2) is 6.78. The van der Waals surface area contributed by atoms with Gasteiger partial charge in [-0.05, 0) is 24.5 Å². The zero-order chi connectivity index (χ0) is 18.1. The first kappa shape index (κ1) is 16.6. The number of aromatic amines is 1. The van der Waals surface area contributed by atoms with Crippen molar-refractivity contribution < 1.29 is 14.1 Å². The highest BCUT2D eigenvalue weighted by atomic mass is 16.5. The maximum atomic E-state index is 12.4. The van der Waals surface area contributed by atoms with Crippen molar-refractivity contribution in [1.82, 2.24) is 19.9 Å². The first-order chi connectivity index (χ1) is 12.6. The van der Waals surface area contributed by atoms with Gasteiger partial charge in [-0.1, -0.05) is 23.4 Å². The minimum Gasteiger partial charge on any atom is -0.342 e. The molecule has 8 nitrogen and oxygen atoms in total. The van der Waals surface area contributed by atoms with Gasteiger partial charge < -0.3 is 9.80 Å². The lowest BCUT2D eigenvalue weighted by Crippen LogP contribution is -2.30. The Hall–Kier alpha value is -2.90. The third-order valence-corrected chi connectivity index (χ3v) is 5.10. The zero-order valence-corrected chi connectivity index (χ0v) is 14.3. The SMILES string of the molecule is O=C(CCCN1Cc2ccccc2C1=O)N1CCC(c2noc(=O)[nH]2)C1. The molecule has 2 aliphatic heterocycles. The number of amides is 2. The summed E-state index contributed by atoms with van der Waals surface area (Å²) in [4.78, 5) is 41.9. The van der Waals surface area contributed by atoms with Crippen LogP contribution in [0.4, 0.5) is 0 Å². The Bertz CT molecular complexity index is 887. The number of likely N-dealkylation sites (tertiary alicyclic amines) is 1. The molecule has 8 heteroatoms. The Balaban J connectivity index is 1.25. The highest BCUT2D eigenvalue weighted by Crippen LogP contribution is 2.25. The highest BCUT2D eigenvalue weighted by Gasteiger charge is 2.30. The maximum Gasteiger partial charge on any atom is 0.438 e. The van der Waals surface area contributed by atoms with Crippen LogP contribution in [-0.4, -0.2) is 51.4 Å². The fourth-order valence-electron chi connectivity index (χ4n) is 3.70. The van der Waals surface area contributed by atoms with Crippen LogP contribution in [0.15, 0.2) is 33.6 Å². The quantitative estimate of drug-likeness (QED) is 0.865. The van der Waals surface area contributed by atoms with E-state index in [1.165, 1.54) is 0 Å². The van der Waals surface area contributed by atoms with Crippen LogP contribution >= 0.6 is 0 Å². The first-order valence-electron chi connectivity index (χ1n) is 8.82. The third kappa shape index (κ3) is 3.14. The van der Waals surface area contributed by atoms with E-state index in [-0.39, 0.29) is 17.7 Å². The lowest BCUT2D eigenvalue weighted by molar-refractivity contribution is -0.130. The maximum absolute atomic E-state index is 12.4. The Labute approximate surface area is 149 Å². The summed E-state index contributed by atoms with van der Waals surface area (Å²) < 4.78 is 4.53. The van der Waals surface area contributed by atoms with Crippen LogP contribution in [0, 0.1) is 0 Å². The molecule has 0 aliphatic carbocycles. The molecule has 1 unspecified atom stereocenters. The van der Waals surface area contributed by atoms with Crippen LogP contribution in [0.1, 0.15) is 46.9 Å². The molecule has 1 fully saturated rings. The Morgan fingerprint density at radius 2 is 2.15 bits per heavy atom. The van der Waals surface area contributed by atoms with E-state index in [4.69, 9.17) is 0 Å². The summed E-state index contributed by atoms with van der Waals surface area (Å²) >= 11 is 0. The predicted molar refractivity (Wildman–Crippen MR) is 91.5 cm³/mol. The van der Waals surface area contributed by atoms with E-state index in [9.17, 15) is 14.4 Å². The van der Waals surface area contributed by atoms with Gasteiger partial charge in [-0.25, -0.2) is 4.79 Å². The van der Waals surface area contributed by atoms with Gasteiger partial charge in [0.05, 0.1) is 0 Å². The van der Waals surface area contributed by atoms with Crippen molar-refractivity contribution in [3.8, 4) is 0 Å². The van der Waals surface area contributed by atoms with Crippen LogP contribution in [-0.2, 0) is 11.3 Å². The Morgan fingerprint density at radius 1 is 1.31 bits per heavy atom. The summed E-state index contributed by atoms with van der Waals surface area (Å²) in [6, 6.07) is 7.62. The largest absolute Gasteiger partial charge is 0.438 e. The smallest absolute Gasteiger partial charge is 0.342 e. The Kier molecular flexibility index (Phi) is 4.32. The number of nitrogens with zero attached hydrogens (tertiary/aromatic N) is 3. The number of rotatable bonds is 5. The lowest BCUT2D eigenvalue weighted by atomic mass is 10.1. The predicted octanol–water partition coefficient (Wildman–Crippen LogP) is 1.12. The minimum atomic E-state index is -0.568. The molecule has 1 N–H and O–H groups in total. The molecule has 1 atom stereocenters. The van der Waals surface area contributed by atoms with Crippen molar-refractivity contribution in [2.45, 2.75) is 31.7 Å². The van der Waals surface area contributed by atoms with Gasteiger partial charge in [0.1, 0.15) is 0 Å². The van der Waals surface area contributed by atoms with Crippen molar-refractivity contribution in [3.05, 3.63) is 51.8 Å². The molecule has 26 heavy (non-hydrogen) atoms. The van der Waals surface area contributed by atoms with Crippen molar-refractivity contribution in [1.29, 1.82) is 0 Å². The third-order valence-electron chi connectivity index (χ3n) is 5.10. The molecule has 2 aromatic rings. The van der Waals surface area contributed by atoms with E-state index in [2.05, 4.69) is 14.7 Å². The summed E-state index contributed by atoms with van der Waals surface area (Å²) in [5.74, 6) is 0.0682. The van der Waals surface area contributed by atoms with Crippen molar-refractivity contribution in [3.63, 3.8) is 0 Å². The molecular formula is C18H20N4O4. The molecule has 2 amide bonds. The monoisotopic (exact) mass is 356 g/mol. The minimum absolute atomic E-state index is 0.0139. The summed E-state index contributed by atoms with van der Waals surface area (Å²) in [6.45, 7) is 2.38. The molecule has 1 aromatic carbocycles. The molecule has 0 radical (unpaired) electrons. The van der Waals surface area contributed by atoms with Gasteiger partial charge in [0.15, 0.2) is 5.82 Å². The van der Waals surface area contributed by atoms with Gasteiger partial charge >= 0.3 is 5.76 Å². The lowest BCUT2D eigenvalue weighted by Gasteiger charge is -2.18. The summed E-state index contributed by atoms with van der Waals surface area (Å²) in [5, 5.41) is 3.71. The van der Waals surface area contributed by atoms with Gasteiger partial charge in [0.2, 0.25) is 5.91 Å². The number of H-pyrrole nitrogens is 1. The number of fused-ring (bicyclic) bond motifs is 1. The van der Waals surface area contributed by atoms with E-state index in [0.29, 0.717) is 44.8 Å². The number of benzene rings is 1. The van der Waals surface area contributed by atoms with Gasteiger partial charge in [-0.15, -0.1) is 0 Å². The van der Waals surface area contributed by atoms with E-state index in [1.54, 1.807) is 9.80 Å². The van der Waals surface area contributed by atoms with E-state index in [1.807, 2.05) is 24.3 Å². The van der Waals surface area contributed by atoms with Crippen molar-refractivity contribution >= 4 is 11.8 Å². The summed E-state index contributed by atoms with van der Waals surface area (Å²) in [7, 11) is 0. The molecule has 0 bridgehead atoms. The van der Waals surface area contributed by atoms with Crippen LogP contribution in [0.2, 0.25) is 0 Å².